The molecule has 0 fully saturated rings. The zero-order valence-corrected chi connectivity index (χ0v) is 16.3. The molecule has 2 nitrogen and oxygen atoms in total. The van der Waals surface area contributed by atoms with Gasteiger partial charge in [-0.05, 0) is 35.9 Å². The van der Waals surface area contributed by atoms with Gasteiger partial charge in [0.15, 0.2) is 0 Å². The van der Waals surface area contributed by atoms with Gasteiger partial charge in [-0.2, -0.15) is 13.2 Å². The average Bonchev–Trinajstić information content (AvgIpc) is 2.67. The Morgan fingerprint density at radius 2 is 1.72 bits per heavy atom. The van der Waals surface area contributed by atoms with Gasteiger partial charge in [0.25, 0.3) is 5.91 Å². The van der Waals surface area contributed by atoms with Crippen LogP contribution < -0.4 is 5.32 Å². The normalized spacial score (nSPS) is 11.3. The topological polar surface area (TPSA) is 29.1 Å². The first-order valence-electron chi connectivity index (χ1n) is 8.39. The zero-order valence-electron chi connectivity index (χ0n) is 14.8. The molecular formula is C21H14ClF4NOS. The number of carbonyl (C=O) groups is 1. The molecule has 0 radical (unpaired) electrons. The molecule has 1 amide bonds. The van der Waals surface area contributed by atoms with Gasteiger partial charge < -0.3 is 5.32 Å². The van der Waals surface area contributed by atoms with Gasteiger partial charge in [-0.1, -0.05) is 48.0 Å². The van der Waals surface area contributed by atoms with E-state index in [2.05, 4.69) is 5.32 Å². The van der Waals surface area contributed by atoms with E-state index in [1.807, 2.05) is 0 Å². The van der Waals surface area contributed by atoms with Crippen molar-refractivity contribution in [3.63, 3.8) is 0 Å². The van der Waals surface area contributed by atoms with Crippen LogP contribution in [0.5, 0.6) is 0 Å². The number of hydrogen-bond donors (Lipinski definition) is 1. The molecule has 0 aliphatic carbocycles. The zero-order chi connectivity index (χ0) is 21.0. The number of nitrogens with one attached hydrogen (secondary N) is 1. The summed E-state index contributed by atoms with van der Waals surface area (Å²) in [5, 5.41) is 2.60. The van der Waals surface area contributed by atoms with Gasteiger partial charge in [0.2, 0.25) is 0 Å². The highest BCUT2D eigenvalue weighted by Gasteiger charge is 2.30. The van der Waals surface area contributed by atoms with Crippen LogP contribution in [-0.2, 0) is 11.9 Å². The molecule has 3 aromatic rings. The first-order chi connectivity index (χ1) is 13.8. The summed E-state index contributed by atoms with van der Waals surface area (Å²) < 4.78 is 52.6. The lowest BCUT2D eigenvalue weighted by Crippen LogP contribution is -2.15. The number of benzene rings is 3. The monoisotopic (exact) mass is 439 g/mol. The molecule has 3 aromatic carbocycles. The molecule has 150 valence electrons. The Balaban J connectivity index is 1.77. The number of para-hydroxylation sites is 1. The predicted octanol–water partition coefficient (Wildman–Crippen LogP) is 7.04. The minimum Gasteiger partial charge on any atom is -0.321 e. The van der Waals surface area contributed by atoms with Crippen molar-refractivity contribution < 1.29 is 22.4 Å². The fourth-order valence-electron chi connectivity index (χ4n) is 2.59. The number of alkyl halides is 3. The average molecular weight is 440 g/mol. The highest BCUT2D eigenvalue weighted by molar-refractivity contribution is 7.98. The minimum absolute atomic E-state index is 0.0170. The van der Waals surface area contributed by atoms with Crippen molar-refractivity contribution >= 4 is 35.0 Å². The van der Waals surface area contributed by atoms with E-state index in [9.17, 15) is 22.4 Å². The molecule has 3 rings (SSSR count). The Morgan fingerprint density at radius 1 is 1.00 bits per heavy atom. The molecule has 0 aliphatic rings. The lowest BCUT2D eigenvalue weighted by molar-refractivity contribution is -0.137. The summed E-state index contributed by atoms with van der Waals surface area (Å²) in [5.74, 6) is -1.19. The van der Waals surface area contributed by atoms with E-state index in [-0.39, 0.29) is 16.3 Å². The van der Waals surface area contributed by atoms with Crippen LogP contribution in [0.2, 0.25) is 5.02 Å². The highest BCUT2D eigenvalue weighted by Crippen LogP contribution is 2.33. The third-order valence-corrected chi connectivity index (χ3v) is 5.43. The summed E-state index contributed by atoms with van der Waals surface area (Å²) in [6.07, 6.45) is -4.41. The summed E-state index contributed by atoms with van der Waals surface area (Å²) in [6.45, 7) is 0. The van der Waals surface area contributed by atoms with E-state index < -0.39 is 23.5 Å². The molecule has 0 heterocycles. The van der Waals surface area contributed by atoms with Crippen LogP contribution in [0.3, 0.4) is 0 Å². The van der Waals surface area contributed by atoms with Gasteiger partial charge in [-0.15, -0.1) is 11.8 Å². The maximum absolute atomic E-state index is 14.0. The van der Waals surface area contributed by atoms with Gasteiger partial charge in [-0.3, -0.25) is 4.79 Å². The lowest BCUT2D eigenvalue weighted by atomic mass is 10.1. The molecule has 29 heavy (non-hydrogen) atoms. The van der Waals surface area contributed by atoms with Crippen LogP contribution in [0.4, 0.5) is 23.2 Å². The van der Waals surface area contributed by atoms with Crippen molar-refractivity contribution in [1.29, 1.82) is 0 Å². The van der Waals surface area contributed by atoms with Crippen LogP contribution >= 0.6 is 23.4 Å². The molecule has 0 spiro atoms. The van der Waals surface area contributed by atoms with Crippen molar-refractivity contribution in [2.75, 3.05) is 5.32 Å². The second-order valence-corrected chi connectivity index (χ2v) is 7.46. The third kappa shape index (κ3) is 5.31. The first-order valence-corrected chi connectivity index (χ1v) is 9.75. The number of rotatable bonds is 5. The molecule has 0 aromatic heterocycles. The van der Waals surface area contributed by atoms with Crippen molar-refractivity contribution in [2.24, 2.45) is 0 Å². The number of amides is 1. The fraction of sp³-hybridized carbons (Fsp3) is 0.0952. The molecule has 0 atom stereocenters. The molecule has 0 bridgehead atoms. The number of halogens is 5. The van der Waals surface area contributed by atoms with Crippen molar-refractivity contribution in [3.05, 3.63) is 94.3 Å². The van der Waals surface area contributed by atoms with Crippen LogP contribution in [0.25, 0.3) is 0 Å². The van der Waals surface area contributed by atoms with Gasteiger partial charge in [-0.25, -0.2) is 4.39 Å². The van der Waals surface area contributed by atoms with Gasteiger partial charge in [0.1, 0.15) is 5.82 Å². The van der Waals surface area contributed by atoms with Crippen LogP contribution in [-0.4, -0.2) is 5.91 Å². The fourth-order valence-corrected chi connectivity index (χ4v) is 3.79. The Kier molecular flexibility index (Phi) is 6.49. The van der Waals surface area contributed by atoms with Crippen LogP contribution in [0.1, 0.15) is 21.5 Å². The van der Waals surface area contributed by atoms with Crippen molar-refractivity contribution in [1.82, 2.24) is 0 Å². The number of anilines is 1. The standard InChI is InChI=1S/C21H14ClF4NOS/c22-15-7-4-8-16(23)19(15)20(28)27-17-9-1-2-10-18(17)29-12-13-5-3-6-14(11-13)21(24,25)26/h1-11H,12H2,(H,27,28). The highest BCUT2D eigenvalue weighted by atomic mass is 35.5. The maximum Gasteiger partial charge on any atom is 0.416 e. The molecule has 0 saturated carbocycles. The summed E-state index contributed by atoms with van der Waals surface area (Å²) in [6, 6.07) is 15.8. The Hall–Kier alpha value is -2.51. The smallest absolute Gasteiger partial charge is 0.321 e. The predicted molar refractivity (Wildman–Crippen MR) is 107 cm³/mol. The molecule has 0 saturated heterocycles. The largest absolute Gasteiger partial charge is 0.416 e. The quantitative estimate of drug-likeness (QED) is 0.341. The maximum atomic E-state index is 14.0. The lowest BCUT2D eigenvalue weighted by Gasteiger charge is -2.13. The van der Waals surface area contributed by atoms with Crippen LogP contribution in [0.15, 0.2) is 71.6 Å². The SMILES string of the molecule is O=C(Nc1ccccc1SCc1cccc(C(F)(F)F)c1)c1c(F)cccc1Cl. The second-order valence-electron chi connectivity index (χ2n) is 6.03. The number of thioether (sulfide) groups is 1. The summed E-state index contributed by atoms with van der Waals surface area (Å²) in [7, 11) is 0. The van der Waals surface area contributed by atoms with Gasteiger partial charge in [0.05, 0.1) is 21.8 Å². The molecular weight excluding hydrogens is 426 g/mol. The third-order valence-electron chi connectivity index (χ3n) is 3.97. The molecule has 0 aliphatic heterocycles. The Labute approximate surface area is 173 Å². The van der Waals surface area contributed by atoms with Gasteiger partial charge >= 0.3 is 6.18 Å². The first kappa shape index (κ1) is 21.2. The van der Waals surface area contributed by atoms with E-state index in [0.717, 1.165) is 18.2 Å². The molecule has 0 unspecified atom stereocenters. The van der Waals surface area contributed by atoms with Crippen LogP contribution in [0, 0.1) is 5.82 Å². The second kappa shape index (κ2) is 8.88. The van der Waals surface area contributed by atoms with E-state index in [0.29, 0.717) is 16.1 Å². The Bertz CT molecular complexity index is 1020. The van der Waals surface area contributed by atoms with E-state index in [4.69, 9.17) is 11.6 Å². The molecule has 8 heteroatoms. The van der Waals surface area contributed by atoms with Gasteiger partial charge in [0, 0.05) is 10.6 Å². The molecule has 1 N–H and O–H groups in total. The summed E-state index contributed by atoms with van der Waals surface area (Å²) in [4.78, 5) is 13.1. The van der Waals surface area contributed by atoms with E-state index in [1.54, 1.807) is 30.3 Å². The van der Waals surface area contributed by atoms with Crippen molar-refractivity contribution in [3.8, 4) is 0 Å². The Morgan fingerprint density at radius 3 is 2.45 bits per heavy atom. The van der Waals surface area contributed by atoms with E-state index in [1.165, 1.54) is 30.0 Å². The minimum atomic E-state index is -4.41. The van der Waals surface area contributed by atoms with E-state index >= 15 is 0 Å². The number of hydrogen-bond acceptors (Lipinski definition) is 2. The van der Waals surface area contributed by atoms with Crippen molar-refractivity contribution in [2.45, 2.75) is 16.8 Å². The summed E-state index contributed by atoms with van der Waals surface area (Å²) >= 11 is 7.18. The number of carbonyl (C=O) groups excluding carboxylic acids is 1. The summed E-state index contributed by atoms with van der Waals surface area (Å²) in [5.41, 5.74) is -0.0878.